The van der Waals surface area contributed by atoms with E-state index in [9.17, 15) is 9.59 Å². The predicted octanol–water partition coefficient (Wildman–Crippen LogP) is 3.54. The smallest absolute Gasteiger partial charge is 0.256 e. The van der Waals surface area contributed by atoms with Crippen LogP contribution < -0.4 is 0 Å². The predicted molar refractivity (Wildman–Crippen MR) is 109 cm³/mol. The first kappa shape index (κ1) is 17.8. The summed E-state index contributed by atoms with van der Waals surface area (Å²) in [5.74, 6) is 0.0438. The molecule has 0 unspecified atom stereocenters. The summed E-state index contributed by atoms with van der Waals surface area (Å²) >= 11 is 3.38. The van der Waals surface area contributed by atoms with Crippen molar-refractivity contribution in [2.75, 3.05) is 26.2 Å². The summed E-state index contributed by atoms with van der Waals surface area (Å²) in [6.07, 6.45) is 1.90. The summed E-state index contributed by atoms with van der Waals surface area (Å²) in [5, 5.41) is 0.971. The van der Waals surface area contributed by atoms with Gasteiger partial charge in [-0.3, -0.25) is 9.59 Å². The molecule has 3 aromatic rings. The highest BCUT2D eigenvalue weighted by atomic mass is 79.9. The summed E-state index contributed by atoms with van der Waals surface area (Å²) in [7, 11) is 1.95. The molecule has 1 aromatic heterocycles. The van der Waals surface area contributed by atoms with E-state index < -0.39 is 0 Å². The number of fused-ring (bicyclic) bond motifs is 1. The van der Waals surface area contributed by atoms with Gasteiger partial charge in [-0.2, -0.15) is 0 Å². The number of nitrogens with zero attached hydrogens (tertiary/aromatic N) is 3. The Labute approximate surface area is 166 Å². The first-order valence-corrected chi connectivity index (χ1v) is 9.72. The van der Waals surface area contributed by atoms with E-state index in [0.29, 0.717) is 31.7 Å². The Kier molecular flexibility index (Phi) is 4.74. The van der Waals surface area contributed by atoms with Crippen molar-refractivity contribution in [3.8, 4) is 0 Å². The lowest BCUT2D eigenvalue weighted by Gasteiger charge is -2.34. The second-order valence-corrected chi connectivity index (χ2v) is 7.68. The lowest BCUT2D eigenvalue weighted by atomic mass is 10.1. The quantitative estimate of drug-likeness (QED) is 0.630. The lowest BCUT2D eigenvalue weighted by molar-refractivity contribution is 0.0536. The van der Waals surface area contributed by atoms with Crippen molar-refractivity contribution in [3.05, 3.63) is 70.3 Å². The number of carbonyl (C=O) groups excluding carboxylic acids is 2. The van der Waals surface area contributed by atoms with Crippen molar-refractivity contribution in [1.29, 1.82) is 0 Å². The molecule has 2 aromatic carbocycles. The SMILES string of the molecule is Cn1cc(C(=O)N2CCN(C(=O)c3ccc(Br)cc3)CC2)c2ccccc21. The maximum Gasteiger partial charge on any atom is 0.256 e. The zero-order valence-electron chi connectivity index (χ0n) is 15.1. The van der Waals surface area contributed by atoms with Crippen LogP contribution in [-0.2, 0) is 7.05 Å². The highest BCUT2D eigenvalue weighted by molar-refractivity contribution is 9.10. The minimum Gasteiger partial charge on any atom is -0.350 e. The van der Waals surface area contributed by atoms with Crippen molar-refractivity contribution in [2.24, 2.45) is 7.05 Å². The molecular formula is C21H20BrN3O2. The van der Waals surface area contributed by atoms with Crippen molar-refractivity contribution in [3.63, 3.8) is 0 Å². The third-order valence-corrected chi connectivity index (χ3v) is 5.60. The Morgan fingerprint density at radius 1 is 0.852 bits per heavy atom. The van der Waals surface area contributed by atoms with Crippen LogP contribution in [0.1, 0.15) is 20.7 Å². The minimum atomic E-state index is 0.0137. The van der Waals surface area contributed by atoms with Crippen molar-refractivity contribution >= 4 is 38.6 Å². The highest BCUT2D eigenvalue weighted by Crippen LogP contribution is 2.22. The lowest BCUT2D eigenvalue weighted by Crippen LogP contribution is -2.50. The maximum absolute atomic E-state index is 13.0. The Bertz CT molecular complexity index is 1000. The molecule has 1 aliphatic rings. The van der Waals surface area contributed by atoms with Crippen LogP contribution in [0.5, 0.6) is 0 Å². The van der Waals surface area contributed by atoms with Crippen molar-refractivity contribution in [1.82, 2.24) is 14.4 Å². The molecule has 2 heterocycles. The molecule has 27 heavy (non-hydrogen) atoms. The summed E-state index contributed by atoms with van der Waals surface area (Å²) in [4.78, 5) is 29.3. The minimum absolute atomic E-state index is 0.0137. The third-order valence-electron chi connectivity index (χ3n) is 5.07. The van der Waals surface area contributed by atoms with E-state index in [1.807, 2.05) is 76.1 Å². The average Bonchev–Trinajstić information content (AvgIpc) is 3.05. The summed E-state index contributed by atoms with van der Waals surface area (Å²) in [5.41, 5.74) is 2.44. The second-order valence-electron chi connectivity index (χ2n) is 6.76. The molecule has 138 valence electrons. The zero-order valence-corrected chi connectivity index (χ0v) is 16.6. The van der Waals surface area contributed by atoms with Crippen LogP contribution in [-0.4, -0.2) is 52.4 Å². The van der Waals surface area contributed by atoms with Crippen LogP contribution in [0.15, 0.2) is 59.2 Å². The van der Waals surface area contributed by atoms with E-state index in [0.717, 1.165) is 20.9 Å². The van der Waals surface area contributed by atoms with E-state index in [4.69, 9.17) is 0 Å². The number of hydrogen-bond acceptors (Lipinski definition) is 2. The summed E-state index contributed by atoms with van der Waals surface area (Å²) < 4.78 is 2.93. The topological polar surface area (TPSA) is 45.6 Å². The van der Waals surface area contributed by atoms with Gasteiger partial charge < -0.3 is 14.4 Å². The van der Waals surface area contributed by atoms with Gasteiger partial charge >= 0.3 is 0 Å². The van der Waals surface area contributed by atoms with Gasteiger partial charge in [0.05, 0.1) is 5.56 Å². The van der Waals surface area contributed by atoms with Gasteiger partial charge in [0, 0.05) is 60.4 Å². The number of benzene rings is 2. The fourth-order valence-electron chi connectivity index (χ4n) is 3.57. The van der Waals surface area contributed by atoms with Crippen molar-refractivity contribution in [2.45, 2.75) is 0 Å². The van der Waals surface area contributed by atoms with Gasteiger partial charge in [0.15, 0.2) is 0 Å². The number of halogens is 1. The first-order chi connectivity index (χ1) is 13.0. The van der Waals surface area contributed by atoms with Crippen LogP contribution in [0.4, 0.5) is 0 Å². The molecular weight excluding hydrogens is 406 g/mol. The average molecular weight is 426 g/mol. The number of para-hydroxylation sites is 1. The molecule has 0 saturated carbocycles. The Balaban J connectivity index is 1.46. The molecule has 6 heteroatoms. The summed E-state index contributed by atoms with van der Waals surface area (Å²) in [6, 6.07) is 15.3. The zero-order chi connectivity index (χ0) is 19.0. The fourth-order valence-corrected chi connectivity index (χ4v) is 3.83. The van der Waals surface area contributed by atoms with Crippen LogP contribution in [0.3, 0.4) is 0 Å². The van der Waals surface area contributed by atoms with Crippen LogP contribution >= 0.6 is 15.9 Å². The van der Waals surface area contributed by atoms with Gasteiger partial charge in [-0.1, -0.05) is 34.1 Å². The largest absolute Gasteiger partial charge is 0.350 e. The van der Waals surface area contributed by atoms with Gasteiger partial charge in [0.2, 0.25) is 0 Å². The Hall–Kier alpha value is -2.60. The highest BCUT2D eigenvalue weighted by Gasteiger charge is 2.27. The van der Waals surface area contributed by atoms with Crippen LogP contribution in [0.2, 0.25) is 0 Å². The molecule has 0 aliphatic carbocycles. The molecule has 1 aliphatic heterocycles. The number of piperazine rings is 1. The second kappa shape index (κ2) is 7.19. The number of hydrogen-bond donors (Lipinski definition) is 0. The number of aromatic nitrogens is 1. The first-order valence-electron chi connectivity index (χ1n) is 8.93. The molecule has 0 radical (unpaired) electrons. The van der Waals surface area contributed by atoms with E-state index in [2.05, 4.69) is 15.9 Å². The molecule has 2 amide bonds. The van der Waals surface area contributed by atoms with Crippen LogP contribution in [0.25, 0.3) is 10.9 Å². The van der Waals surface area contributed by atoms with E-state index >= 15 is 0 Å². The standard InChI is InChI=1S/C21H20BrN3O2/c1-23-14-18(17-4-2-3-5-19(17)23)21(27)25-12-10-24(11-13-25)20(26)15-6-8-16(22)9-7-15/h2-9,14H,10-13H2,1H3. The summed E-state index contributed by atoms with van der Waals surface area (Å²) in [6.45, 7) is 2.19. The van der Waals surface area contributed by atoms with Crippen molar-refractivity contribution < 1.29 is 9.59 Å². The third kappa shape index (κ3) is 3.37. The van der Waals surface area contributed by atoms with E-state index in [-0.39, 0.29) is 11.8 Å². The van der Waals surface area contributed by atoms with Gasteiger partial charge in [-0.15, -0.1) is 0 Å². The molecule has 4 rings (SSSR count). The van der Waals surface area contributed by atoms with E-state index in [1.54, 1.807) is 0 Å². The van der Waals surface area contributed by atoms with Gasteiger partial charge in [0.25, 0.3) is 11.8 Å². The maximum atomic E-state index is 13.0. The van der Waals surface area contributed by atoms with E-state index in [1.165, 1.54) is 0 Å². The fraction of sp³-hybridized carbons (Fsp3) is 0.238. The number of aryl methyl sites for hydroxylation is 1. The molecule has 1 fully saturated rings. The van der Waals surface area contributed by atoms with Crippen LogP contribution in [0, 0.1) is 0 Å². The Morgan fingerprint density at radius 3 is 2.11 bits per heavy atom. The normalized spacial score (nSPS) is 14.6. The van der Waals surface area contributed by atoms with Gasteiger partial charge in [-0.25, -0.2) is 0 Å². The number of amides is 2. The molecule has 0 atom stereocenters. The van der Waals surface area contributed by atoms with Gasteiger partial charge in [0.1, 0.15) is 0 Å². The molecule has 0 N–H and O–H groups in total. The number of rotatable bonds is 2. The molecule has 0 bridgehead atoms. The molecule has 1 saturated heterocycles. The Morgan fingerprint density at radius 2 is 1.44 bits per heavy atom. The number of carbonyl (C=O) groups is 2. The van der Waals surface area contributed by atoms with Gasteiger partial charge in [-0.05, 0) is 30.3 Å². The molecule has 5 nitrogen and oxygen atoms in total. The molecule has 0 spiro atoms. The monoisotopic (exact) mass is 425 g/mol.